The van der Waals surface area contributed by atoms with Crippen molar-refractivity contribution >= 4 is 17.5 Å². The number of nitrogens with one attached hydrogen (secondary N) is 1. The number of halogens is 1. The van der Waals surface area contributed by atoms with E-state index < -0.39 is 5.54 Å². The van der Waals surface area contributed by atoms with Crippen LogP contribution >= 0.6 is 11.6 Å². The van der Waals surface area contributed by atoms with Crippen molar-refractivity contribution in [1.82, 2.24) is 20.3 Å². The minimum atomic E-state index is -0.542. The number of aromatic nitrogens is 3. The lowest BCUT2D eigenvalue weighted by Gasteiger charge is -2.26. The molecule has 1 aromatic heterocycles. The highest BCUT2D eigenvalue weighted by molar-refractivity contribution is 6.30. The Balaban J connectivity index is 2.19. The largest absolute Gasteiger partial charge is 0.342 e. The number of benzene rings is 1. The molecular formula is C13H15ClN4O. The van der Waals surface area contributed by atoms with Crippen LogP contribution in [0.5, 0.6) is 0 Å². The zero-order valence-electron chi connectivity index (χ0n) is 11.0. The van der Waals surface area contributed by atoms with E-state index in [0.29, 0.717) is 5.02 Å². The monoisotopic (exact) mass is 278 g/mol. The summed E-state index contributed by atoms with van der Waals surface area (Å²) in [5.74, 6) is -0.266. The van der Waals surface area contributed by atoms with Gasteiger partial charge in [-0.05, 0) is 31.5 Å². The Hall–Kier alpha value is -1.88. The molecule has 2 rings (SSSR count). The molecule has 0 saturated carbocycles. The molecule has 0 aliphatic heterocycles. The zero-order chi connectivity index (χ0) is 14.0. The molecule has 0 aliphatic rings. The van der Waals surface area contributed by atoms with Gasteiger partial charge in [0.15, 0.2) is 5.69 Å². The van der Waals surface area contributed by atoms with Gasteiger partial charge in [0.2, 0.25) is 0 Å². The fourth-order valence-corrected chi connectivity index (χ4v) is 1.94. The van der Waals surface area contributed by atoms with E-state index >= 15 is 0 Å². The van der Waals surface area contributed by atoms with E-state index in [2.05, 4.69) is 15.6 Å². The minimum Gasteiger partial charge on any atom is -0.342 e. The molecule has 1 heterocycles. The van der Waals surface area contributed by atoms with Crippen molar-refractivity contribution in [1.29, 1.82) is 0 Å². The highest BCUT2D eigenvalue weighted by atomic mass is 35.5. The van der Waals surface area contributed by atoms with Crippen molar-refractivity contribution < 1.29 is 4.79 Å². The Morgan fingerprint density at radius 1 is 1.42 bits per heavy atom. The fourth-order valence-electron chi connectivity index (χ4n) is 1.75. The Morgan fingerprint density at radius 3 is 2.74 bits per heavy atom. The fraction of sp³-hybridized carbons (Fsp3) is 0.308. The third kappa shape index (κ3) is 3.12. The van der Waals surface area contributed by atoms with E-state index in [1.807, 2.05) is 32.0 Å². The third-order valence-corrected chi connectivity index (χ3v) is 3.04. The van der Waals surface area contributed by atoms with Crippen LogP contribution in [-0.2, 0) is 12.6 Å². The van der Waals surface area contributed by atoms with Crippen LogP contribution in [0.1, 0.15) is 29.9 Å². The molecule has 0 radical (unpaired) electrons. The van der Waals surface area contributed by atoms with Gasteiger partial charge in [-0.2, -0.15) is 0 Å². The number of nitrogens with zero attached hydrogens (tertiary/aromatic N) is 3. The maximum atomic E-state index is 12.1. The highest BCUT2D eigenvalue weighted by Gasteiger charge is 2.24. The molecule has 0 unspecified atom stereocenters. The minimum absolute atomic E-state index is 0.266. The number of hydrogen-bond acceptors (Lipinski definition) is 3. The first-order valence-electron chi connectivity index (χ1n) is 5.83. The number of hydrogen-bond donors (Lipinski definition) is 1. The van der Waals surface area contributed by atoms with Crippen LogP contribution in [0.4, 0.5) is 0 Å². The molecule has 0 saturated heterocycles. The maximum Gasteiger partial charge on any atom is 0.274 e. The summed E-state index contributed by atoms with van der Waals surface area (Å²) in [5, 5.41) is 11.1. The summed E-state index contributed by atoms with van der Waals surface area (Å²) >= 11 is 5.97. The van der Waals surface area contributed by atoms with E-state index in [1.54, 1.807) is 19.3 Å². The van der Waals surface area contributed by atoms with Crippen molar-refractivity contribution in [3.8, 4) is 0 Å². The predicted molar refractivity (Wildman–Crippen MR) is 72.9 cm³/mol. The van der Waals surface area contributed by atoms with Gasteiger partial charge in [-0.25, -0.2) is 0 Å². The summed E-state index contributed by atoms with van der Waals surface area (Å²) in [6, 6.07) is 7.40. The lowest BCUT2D eigenvalue weighted by molar-refractivity contribution is 0.0907. The van der Waals surface area contributed by atoms with Crippen LogP contribution in [0.3, 0.4) is 0 Å². The lowest BCUT2D eigenvalue weighted by Crippen LogP contribution is -2.41. The molecule has 1 amide bonds. The summed E-state index contributed by atoms with van der Waals surface area (Å²) in [4.78, 5) is 12.1. The summed E-state index contributed by atoms with van der Waals surface area (Å²) in [5.41, 5.74) is 0.675. The van der Waals surface area contributed by atoms with E-state index in [0.717, 1.165) is 5.56 Å². The normalized spacial score (nSPS) is 11.4. The Labute approximate surface area is 116 Å². The first-order chi connectivity index (χ1) is 8.88. The van der Waals surface area contributed by atoms with Crippen LogP contribution in [0, 0.1) is 0 Å². The van der Waals surface area contributed by atoms with Gasteiger partial charge < -0.3 is 5.32 Å². The molecular weight excluding hydrogens is 264 g/mol. The molecule has 0 bridgehead atoms. The number of aryl methyl sites for hydroxylation is 1. The standard InChI is InChI=1S/C13H15ClN4O/c1-13(2,9-5-4-6-10(14)7-9)15-12(19)11-8-18(3)17-16-11/h4-8H,1-3H3,(H,15,19). The first kappa shape index (κ1) is 13.5. The first-order valence-corrected chi connectivity index (χ1v) is 6.21. The van der Waals surface area contributed by atoms with Gasteiger partial charge in [-0.3, -0.25) is 9.48 Å². The van der Waals surface area contributed by atoms with E-state index in [9.17, 15) is 4.79 Å². The van der Waals surface area contributed by atoms with E-state index in [-0.39, 0.29) is 11.6 Å². The van der Waals surface area contributed by atoms with Crippen LogP contribution < -0.4 is 5.32 Å². The smallest absolute Gasteiger partial charge is 0.274 e. The summed E-state index contributed by atoms with van der Waals surface area (Å²) in [6.45, 7) is 3.82. The van der Waals surface area contributed by atoms with Crippen molar-refractivity contribution in [2.75, 3.05) is 0 Å². The molecule has 2 aromatic rings. The number of rotatable bonds is 3. The van der Waals surface area contributed by atoms with E-state index in [1.165, 1.54) is 4.68 Å². The second-order valence-corrected chi connectivity index (χ2v) is 5.30. The molecule has 5 nitrogen and oxygen atoms in total. The molecule has 0 fully saturated rings. The van der Waals surface area contributed by atoms with Crippen LogP contribution in [0.2, 0.25) is 5.02 Å². The van der Waals surface area contributed by atoms with Gasteiger partial charge in [0.25, 0.3) is 5.91 Å². The van der Waals surface area contributed by atoms with Crippen molar-refractivity contribution in [2.45, 2.75) is 19.4 Å². The summed E-state index contributed by atoms with van der Waals surface area (Å²) in [6.07, 6.45) is 1.57. The number of amides is 1. The van der Waals surface area contributed by atoms with Gasteiger partial charge in [0.1, 0.15) is 0 Å². The predicted octanol–water partition coefficient (Wildman–Crippen LogP) is 2.13. The van der Waals surface area contributed by atoms with Crippen molar-refractivity contribution in [3.63, 3.8) is 0 Å². The zero-order valence-corrected chi connectivity index (χ0v) is 11.8. The van der Waals surface area contributed by atoms with Crippen LogP contribution in [0.25, 0.3) is 0 Å². The quantitative estimate of drug-likeness (QED) is 0.936. The molecule has 0 aliphatic carbocycles. The number of carbonyl (C=O) groups is 1. The van der Waals surface area contributed by atoms with Gasteiger partial charge >= 0.3 is 0 Å². The summed E-state index contributed by atoms with van der Waals surface area (Å²) < 4.78 is 1.49. The van der Waals surface area contributed by atoms with Gasteiger partial charge in [-0.15, -0.1) is 5.10 Å². The average molecular weight is 279 g/mol. The molecule has 19 heavy (non-hydrogen) atoms. The molecule has 0 atom stereocenters. The molecule has 100 valence electrons. The van der Waals surface area contributed by atoms with Crippen LogP contribution in [-0.4, -0.2) is 20.9 Å². The highest BCUT2D eigenvalue weighted by Crippen LogP contribution is 2.23. The van der Waals surface area contributed by atoms with Gasteiger partial charge in [-0.1, -0.05) is 28.9 Å². The molecule has 1 aromatic carbocycles. The molecule has 6 heteroatoms. The Bertz CT molecular complexity index is 606. The number of carbonyl (C=O) groups excluding carboxylic acids is 1. The Morgan fingerprint density at radius 2 is 2.16 bits per heavy atom. The topological polar surface area (TPSA) is 59.8 Å². The van der Waals surface area contributed by atoms with Crippen LogP contribution in [0.15, 0.2) is 30.5 Å². The van der Waals surface area contributed by atoms with Crippen molar-refractivity contribution in [2.24, 2.45) is 7.05 Å². The average Bonchev–Trinajstić information content (AvgIpc) is 2.75. The molecule has 0 spiro atoms. The maximum absolute atomic E-state index is 12.1. The third-order valence-electron chi connectivity index (χ3n) is 2.81. The molecule has 1 N–H and O–H groups in total. The Kier molecular flexibility index (Phi) is 3.57. The lowest BCUT2D eigenvalue weighted by atomic mass is 9.94. The van der Waals surface area contributed by atoms with E-state index in [4.69, 9.17) is 11.6 Å². The SMILES string of the molecule is Cn1cc(C(=O)NC(C)(C)c2cccc(Cl)c2)nn1. The second-order valence-electron chi connectivity index (χ2n) is 4.87. The summed E-state index contributed by atoms with van der Waals surface area (Å²) in [7, 11) is 1.71. The van der Waals surface area contributed by atoms with Crippen molar-refractivity contribution in [3.05, 3.63) is 46.7 Å². The second kappa shape index (κ2) is 5.01. The van der Waals surface area contributed by atoms with Gasteiger partial charge in [0.05, 0.1) is 11.7 Å². The van der Waals surface area contributed by atoms with Gasteiger partial charge in [0, 0.05) is 12.1 Å².